The molecule has 0 spiro atoms. The van der Waals surface area contributed by atoms with E-state index in [4.69, 9.17) is 27.9 Å². The van der Waals surface area contributed by atoms with Crippen molar-refractivity contribution < 1.29 is 14.3 Å². The van der Waals surface area contributed by atoms with Crippen molar-refractivity contribution in [2.75, 3.05) is 0 Å². The van der Waals surface area contributed by atoms with Crippen LogP contribution in [0.15, 0.2) is 76.1 Å². The first kappa shape index (κ1) is 22.9. The molecule has 4 nitrogen and oxygen atoms in total. The highest BCUT2D eigenvalue weighted by atomic mass is 79.9. The fourth-order valence-corrected chi connectivity index (χ4v) is 4.44. The topological polar surface area (TPSA) is 46.6 Å². The van der Waals surface area contributed by atoms with Gasteiger partial charge < -0.3 is 4.74 Å². The number of carbonyl (C=O) groups excluding carboxylic acids is 2. The molecule has 0 atom stereocenters. The van der Waals surface area contributed by atoms with Crippen LogP contribution in [0.25, 0.3) is 6.08 Å². The maximum atomic E-state index is 12.8. The van der Waals surface area contributed by atoms with Gasteiger partial charge >= 0.3 is 0 Å². The van der Waals surface area contributed by atoms with Crippen LogP contribution >= 0.6 is 50.9 Å². The molecule has 1 heterocycles. The normalized spacial score (nSPS) is 15.0. The predicted molar refractivity (Wildman–Crippen MR) is 133 cm³/mol. The number of rotatable bonds is 6. The van der Waals surface area contributed by atoms with E-state index in [1.165, 1.54) is 4.90 Å². The number of halogens is 3. The Hall–Kier alpha value is -2.25. The van der Waals surface area contributed by atoms with Gasteiger partial charge in [0, 0.05) is 4.47 Å². The lowest BCUT2D eigenvalue weighted by molar-refractivity contribution is -0.123. The zero-order valence-electron chi connectivity index (χ0n) is 16.6. The Morgan fingerprint density at radius 2 is 1.59 bits per heavy atom. The summed E-state index contributed by atoms with van der Waals surface area (Å²) < 4.78 is 6.83. The molecule has 1 aliphatic rings. The molecule has 0 aliphatic carbocycles. The number of carbonyl (C=O) groups is 2. The molecular formula is C24H16BrCl2NO3S. The molecule has 0 saturated carbocycles. The largest absolute Gasteiger partial charge is 0.489 e. The van der Waals surface area contributed by atoms with E-state index in [0.717, 1.165) is 38.7 Å². The molecule has 0 N–H and O–H groups in total. The standard InChI is InChI=1S/C24H16BrCl2NO3S/c25-18-6-1-16(2-7-18)14-31-19-8-3-15(4-9-19)12-22-23(29)28(24(30)32-22)13-17-5-10-20(26)21(27)11-17/h1-12H,13-14H2/b22-12-. The lowest BCUT2D eigenvalue weighted by Gasteiger charge is -2.12. The molecule has 1 aliphatic heterocycles. The number of imide groups is 1. The van der Waals surface area contributed by atoms with Gasteiger partial charge in [0.15, 0.2) is 0 Å². The highest BCUT2D eigenvalue weighted by Gasteiger charge is 2.35. The van der Waals surface area contributed by atoms with Crippen LogP contribution in [-0.4, -0.2) is 16.0 Å². The van der Waals surface area contributed by atoms with Crippen molar-refractivity contribution in [1.82, 2.24) is 4.90 Å². The van der Waals surface area contributed by atoms with Gasteiger partial charge in [-0.3, -0.25) is 14.5 Å². The number of thioether (sulfide) groups is 1. The second kappa shape index (κ2) is 10.1. The first-order chi connectivity index (χ1) is 15.4. The van der Waals surface area contributed by atoms with E-state index in [-0.39, 0.29) is 17.7 Å². The lowest BCUT2D eigenvalue weighted by atomic mass is 10.2. The third-order valence-electron chi connectivity index (χ3n) is 4.69. The minimum absolute atomic E-state index is 0.141. The van der Waals surface area contributed by atoms with Gasteiger partial charge in [-0.05, 0) is 70.9 Å². The first-order valence-electron chi connectivity index (χ1n) is 9.55. The van der Waals surface area contributed by atoms with Gasteiger partial charge in [-0.15, -0.1) is 0 Å². The SMILES string of the molecule is O=C1S/C(=C\c2ccc(OCc3ccc(Br)cc3)cc2)C(=O)N1Cc1ccc(Cl)c(Cl)c1. The number of hydrogen-bond donors (Lipinski definition) is 0. The molecule has 4 rings (SSSR count). The number of benzene rings is 3. The van der Waals surface area contributed by atoms with Crippen LogP contribution in [0.2, 0.25) is 10.0 Å². The van der Waals surface area contributed by atoms with Gasteiger partial charge in [-0.2, -0.15) is 0 Å². The van der Waals surface area contributed by atoms with E-state index < -0.39 is 0 Å². The van der Waals surface area contributed by atoms with Crippen LogP contribution in [0.5, 0.6) is 5.75 Å². The number of nitrogens with zero attached hydrogens (tertiary/aromatic N) is 1. The van der Waals surface area contributed by atoms with Gasteiger partial charge in [0.2, 0.25) is 0 Å². The molecule has 2 amide bonds. The monoisotopic (exact) mass is 547 g/mol. The predicted octanol–water partition coefficient (Wildman–Crippen LogP) is 7.57. The number of ether oxygens (including phenoxy) is 1. The first-order valence-corrected chi connectivity index (χ1v) is 11.9. The Balaban J connectivity index is 1.40. The number of hydrogen-bond acceptors (Lipinski definition) is 4. The molecule has 0 bridgehead atoms. The molecule has 0 unspecified atom stereocenters. The van der Waals surface area contributed by atoms with Crippen LogP contribution in [0, 0.1) is 0 Å². The van der Waals surface area contributed by atoms with Crippen LogP contribution < -0.4 is 4.74 Å². The molecule has 3 aromatic carbocycles. The van der Waals surface area contributed by atoms with Crippen molar-refractivity contribution in [3.8, 4) is 5.75 Å². The highest BCUT2D eigenvalue weighted by molar-refractivity contribution is 9.10. The molecule has 8 heteroatoms. The summed E-state index contributed by atoms with van der Waals surface area (Å²) >= 11 is 16.3. The average Bonchev–Trinajstić information content (AvgIpc) is 3.04. The second-order valence-electron chi connectivity index (χ2n) is 7.00. The third kappa shape index (κ3) is 5.56. The average molecular weight is 549 g/mol. The van der Waals surface area contributed by atoms with E-state index >= 15 is 0 Å². The maximum absolute atomic E-state index is 12.8. The van der Waals surface area contributed by atoms with Crippen molar-refractivity contribution >= 4 is 68.1 Å². The van der Waals surface area contributed by atoms with E-state index in [1.807, 2.05) is 48.5 Å². The van der Waals surface area contributed by atoms with Crippen molar-refractivity contribution in [2.24, 2.45) is 0 Å². The summed E-state index contributed by atoms with van der Waals surface area (Å²) in [6.45, 7) is 0.599. The van der Waals surface area contributed by atoms with Gasteiger partial charge in [0.1, 0.15) is 12.4 Å². The molecule has 1 saturated heterocycles. The zero-order valence-corrected chi connectivity index (χ0v) is 20.5. The Morgan fingerprint density at radius 1 is 0.906 bits per heavy atom. The van der Waals surface area contributed by atoms with E-state index in [1.54, 1.807) is 24.3 Å². The lowest BCUT2D eigenvalue weighted by Crippen LogP contribution is -2.27. The Bertz CT molecular complexity index is 1200. The summed E-state index contributed by atoms with van der Waals surface area (Å²) in [5.41, 5.74) is 2.60. The minimum Gasteiger partial charge on any atom is -0.489 e. The van der Waals surface area contributed by atoms with Crippen LogP contribution in [-0.2, 0) is 17.9 Å². The van der Waals surface area contributed by atoms with Crippen LogP contribution in [0.3, 0.4) is 0 Å². The van der Waals surface area contributed by atoms with Crippen molar-refractivity contribution in [3.63, 3.8) is 0 Å². The van der Waals surface area contributed by atoms with Crippen LogP contribution in [0.4, 0.5) is 4.79 Å². The van der Waals surface area contributed by atoms with Gasteiger partial charge in [-0.25, -0.2) is 0 Å². The maximum Gasteiger partial charge on any atom is 0.293 e. The van der Waals surface area contributed by atoms with E-state index in [9.17, 15) is 9.59 Å². The molecule has 3 aromatic rings. The zero-order chi connectivity index (χ0) is 22.7. The molecular weight excluding hydrogens is 533 g/mol. The van der Waals surface area contributed by atoms with Gasteiger partial charge in [0.05, 0.1) is 21.5 Å². The van der Waals surface area contributed by atoms with E-state index in [0.29, 0.717) is 21.6 Å². The smallest absolute Gasteiger partial charge is 0.293 e. The molecule has 32 heavy (non-hydrogen) atoms. The number of amides is 2. The summed E-state index contributed by atoms with van der Waals surface area (Å²) in [7, 11) is 0. The van der Waals surface area contributed by atoms with Gasteiger partial charge in [-0.1, -0.05) is 69.5 Å². The fraction of sp³-hybridized carbons (Fsp3) is 0.0833. The van der Waals surface area contributed by atoms with Crippen molar-refractivity contribution in [3.05, 3.63) is 103 Å². The van der Waals surface area contributed by atoms with Crippen LogP contribution in [0.1, 0.15) is 16.7 Å². The summed E-state index contributed by atoms with van der Waals surface area (Å²) in [6, 6.07) is 20.3. The van der Waals surface area contributed by atoms with E-state index in [2.05, 4.69) is 15.9 Å². The second-order valence-corrected chi connectivity index (χ2v) is 9.72. The molecule has 1 fully saturated rings. The van der Waals surface area contributed by atoms with Crippen molar-refractivity contribution in [2.45, 2.75) is 13.2 Å². The highest BCUT2D eigenvalue weighted by Crippen LogP contribution is 2.34. The third-order valence-corrected chi connectivity index (χ3v) is 6.87. The Labute approximate surface area is 208 Å². The Kier molecular flexibility index (Phi) is 7.26. The summed E-state index contributed by atoms with van der Waals surface area (Å²) in [5, 5.41) is 0.490. The Morgan fingerprint density at radius 3 is 2.28 bits per heavy atom. The molecule has 0 aromatic heterocycles. The minimum atomic E-state index is -0.332. The molecule has 162 valence electrons. The summed E-state index contributed by atoms with van der Waals surface area (Å²) in [6.07, 6.45) is 1.71. The van der Waals surface area contributed by atoms with Gasteiger partial charge in [0.25, 0.3) is 11.1 Å². The summed E-state index contributed by atoms with van der Waals surface area (Å²) in [5.74, 6) is 0.388. The van der Waals surface area contributed by atoms with Crippen molar-refractivity contribution in [1.29, 1.82) is 0 Å². The quantitative estimate of drug-likeness (QED) is 0.298. The summed E-state index contributed by atoms with van der Waals surface area (Å²) in [4.78, 5) is 26.7. The molecule has 0 radical (unpaired) electrons. The fourth-order valence-electron chi connectivity index (χ4n) is 3.02.